The molecule has 3 atom stereocenters. The molecule has 1 aliphatic carbocycles. The van der Waals surface area contributed by atoms with Crippen LogP contribution in [0.2, 0.25) is 0 Å². The number of methoxy groups -OCH3 is 1. The molecular formula is C9H15NO3. The Kier molecular flexibility index (Phi) is 1.85. The Bertz CT molecular complexity index is 243. The second kappa shape index (κ2) is 2.69. The Hall–Kier alpha value is -0.610. The number of aliphatic carboxylic acids is 1. The minimum atomic E-state index is -0.706. The summed E-state index contributed by atoms with van der Waals surface area (Å²) in [5.41, 5.74) is -0.376. The number of hydrogen-bond donors (Lipinski definition) is 1. The Balaban J connectivity index is 2.15. The number of likely N-dealkylation sites (N-methyl/N-ethyl adjacent to an activating group) is 1. The van der Waals surface area contributed by atoms with Gasteiger partial charge in [-0.15, -0.1) is 0 Å². The Labute approximate surface area is 77.5 Å². The van der Waals surface area contributed by atoms with E-state index in [1.54, 1.807) is 7.11 Å². The molecule has 2 aliphatic rings. The number of likely N-dealkylation sites (tertiary alicyclic amines) is 1. The molecule has 1 aliphatic heterocycles. The minimum Gasteiger partial charge on any atom is -0.481 e. The van der Waals surface area contributed by atoms with Crippen LogP contribution >= 0.6 is 0 Å². The molecule has 4 nitrogen and oxygen atoms in total. The van der Waals surface area contributed by atoms with Gasteiger partial charge in [0.05, 0.1) is 11.5 Å². The summed E-state index contributed by atoms with van der Waals surface area (Å²) in [6.07, 6.45) is 0.946. The summed E-state index contributed by atoms with van der Waals surface area (Å²) < 4.78 is 5.37. The highest BCUT2D eigenvalue weighted by atomic mass is 16.5. The average molecular weight is 185 g/mol. The van der Waals surface area contributed by atoms with E-state index in [0.29, 0.717) is 0 Å². The summed E-state index contributed by atoms with van der Waals surface area (Å²) in [5, 5.41) is 8.97. The van der Waals surface area contributed by atoms with E-state index in [1.165, 1.54) is 0 Å². The van der Waals surface area contributed by atoms with Crippen molar-refractivity contribution in [1.29, 1.82) is 0 Å². The van der Waals surface area contributed by atoms with Gasteiger partial charge in [-0.1, -0.05) is 0 Å². The van der Waals surface area contributed by atoms with Crippen LogP contribution in [0.3, 0.4) is 0 Å². The van der Waals surface area contributed by atoms with Crippen LogP contribution in [0, 0.1) is 11.8 Å². The zero-order valence-corrected chi connectivity index (χ0v) is 7.99. The van der Waals surface area contributed by atoms with Crippen molar-refractivity contribution in [2.24, 2.45) is 11.8 Å². The topological polar surface area (TPSA) is 49.8 Å². The van der Waals surface area contributed by atoms with Crippen molar-refractivity contribution in [3.8, 4) is 0 Å². The number of carboxylic acid groups (broad SMARTS) is 1. The number of ether oxygens (including phenoxy) is 1. The van der Waals surface area contributed by atoms with Gasteiger partial charge in [0, 0.05) is 19.6 Å². The molecule has 1 saturated carbocycles. The van der Waals surface area contributed by atoms with Gasteiger partial charge in [-0.25, -0.2) is 0 Å². The normalized spacial score (nSPS) is 44.2. The van der Waals surface area contributed by atoms with E-state index in [0.717, 1.165) is 19.5 Å². The number of carboxylic acids is 1. The van der Waals surface area contributed by atoms with Crippen LogP contribution in [0.4, 0.5) is 0 Å². The first-order valence-electron chi connectivity index (χ1n) is 4.58. The van der Waals surface area contributed by atoms with Gasteiger partial charge in [-0.05, 0) is 20.0 Å². The molecule has 1 heterocycles. The van der Waals surface area contributed by atoms with Crippen LogP contribution < -0.4 is 0 Å². The number of piperidine rings is 1. The lowest BCUT2D eigenvalue weighted by Gasteiger charge is -2.28. The molecule has 0 radical (unpaired) electrons. The standard InChI is InChI=1S/C9H15NO3/c1-10-4-3-6-7(8(11)12)9(6,5-10)13-2/h6-7H,3-5H2,1-2H3,(H,11,12)/t6-,7+,9-/m0/s1. The largest absolute Gasteiger partial charge is 0.481 e. The molecule has 1 N–H and O–H groups in total. The zero-order chi connectivity index (χ0) is 9.64. The fourth-order valence-corrected chi connectivity index (χ4v) is 2.70. The number of carbonyl (C=O) groups is 1. The van der Waals surface area contributed by atoms with Gasteiger partial charge in [-0.2, -0.15) is 0 Å². The van der Waals surface area contributed by atoms with Gasteiger partial charge in [0.25, 0.3) is 0 Å². The summed E-state index contributed by atoms with van der Waals surface area (Å²) in [7, 11) is 3.63. The SMILES string of the molecule is CO[C@@]12CN(C)CC[C@H]1[C@@H]2C(=O)O. The Morgan fingerprint density at radius 2 is 2.38 bits per heavy atom. The first-order chi connectivity index (χ1) is 6.12. The van der Waals surface area contributed by atoms with Crippen molar-refractivity contribution in [1.82, 2.24) is 4.90 Å². The molecule has 0 aromatic rings. The predicted molar refractivity (Wildman–Crippen MR) is 46.5 cm³/mol. The summed E-state index contributed by atoms with van der Waals surface area (Å²) in [6, 6.07) is 0. The molecule has 13 heavy (non-hydrogen) atoms. The van der Waals surface area contributed by atoms with E-state index in [2.05, 4.69) is 4.90 Å². The lowest BCUT2D eigenvalue weighted by Crippen LogP contribution is -2.39. The molecule has 74 valence electrons. The van der Waals surface area contributed by atoms with Crippen molar-refractivity contribution in [3.05, 3.63) is 0 Å². The molecule has 0 aromatic carbocycles. The van der Waals surface area contributed by atoms with Crippen LogP contribution in [-0.4, -0.2) is 48.8 Å². The van der Waals surface area contributed by atoms with Crippen LogP contribution in [0.15, 0.2) is 0 Å². The van der Waals surface area contributed by atoms with Crippen molar-refractivity contribution in [2.75, 3.05) is 27.2 Å². The molecule has 2 rings (SSSR count). The van der Waals surface area contributed by atoms with Crippen LogP contribution in [0.25, 0.3) is 0 Å². The van der Waals surface area contributed by atoms with Crippen LogP contribution in [0.1, 0.15) is 6.42 Å². The highest BCUT2D eigenvalue weighted by Gasteiger charge is 2.70. The summed E-state index contributed by atoms with van der Waals surface area (Å²) >= 11 is 0. The van der Waals surface area contributed by atoms with Gasteiger partial charge in [0.2, 0.25) is 0 Å². The van der Waals surface area contributed by atoms with Gasteiger partial charge in [-0.3, -0.25) is 4.79 Å². The first kappa shape index (κ1) is 8.97. The minimum absolute atomic E-state index is 0.242. The molecular weight excluding hydrogens is 170 g/mol. The second-order valence-corrected chi connectivity index (χ2v) is 4.11. The van der Waals surface area contributed by atoms with Gasteiger partial charge in [0.15, 0.2) is 0 Å². The molecule has 0 aromatic heterocycles. The summed E-state index contributed by atoms with van der Waals surface area (Å²) in [6.45, 7) is 1.74. The highest BCUT2D eigenvalue weighted by Crippen LogP contribution is 2.57. The molecule has 4 heteroatoms. The molecule has 1 saturated heterocycles. The lowest BCUT2D eigenvalue weighted by molar-refractivity contribution is -0.140. The fourth-order valence-electron chi connectivity index (χ4n) is 2.70. The Morgan fingerprint density at radius 3 is 2.92 bits per heavy atom. The third kappa shape index (κ3) is 1.09. The molecule has 0 amide bonds. The molecule has 0 unspecified atom stereocenters. The van der Waals surface area contributed by atoms with Crippen molar-refractivity contribution >= 4 is 5.97 Å². The zero-order valence-electron chi connectivity index (χ0n) is 7.99. The van der Waals surface area contributed by atoms with E-state index in [9.17, 15) is 4.79 Å². The van der Waals surface area contributed by atoms with E-state index < -0.39 is 5.97 Å². The van der Waals surface area contributed by atoms with E-state index >= 15 is 0 Å². The summed E-state index contributed by atoms with van der Waals surface area (Å²) in [5.74, 6) is -0.740. The maximum absolute atomic E-state index is 10.9. The number of fused-ring (bicyclic) bond motifs is 1. The van der Waals surface area contributed by atoms with Gasteiger partial charge in [0.1, 0.15) is 0 Å². The third-order valence-corrected chi connectivity index (χ3v) is 3.43. The maximum Gasteiger partial charge on any atom is 0.309 e. The van der Waals surface area contributed by atoms with E-state index in [1.807, 2.05) is 7.05 Å². The van der Waals surface area contributed by atoms with Crippen molar-refractivity contribution < 1.29 is 14.6 Å². The fraction of sp³-hybridized carbons (Fsp3) is 0.889. The van der Waals surface area contributed by atoms with Crippen LogP contribution in [0.5, 0.6) is 0 Å². The third-order valence-electron chi connectivity index (χ3n) is 3.43. The molecule has 2 fully saturated rings. The van der Waals surface area contributed by atoms with E-state index in [4.69, 9.17) is 9.84 Å². The monoisotopic (exact) mass is 185 g/mol. The maximum atomic E-state index is 10.9. The smallest absolute Gasteiger partial charge is 0.309 e. The highest BCUT2D eigenvalue weighted by molar-refractivity contribution is 5.77. The molecule has 0 bridgehead atoms. The number of nitrogens with zero attached hydrogens (tertiary/aromatic N) is 1. The second-order valence-electron chi connectivity index (χ2n) is 4.11. The van der Waals surface area contributed by atoms with Crippen molar-refractivity contribution in [2.45, 2.75) is 12.0 Å². The van der Waals surface area contributed by atoms with E-state index in [-0.39, 0.29) is 17.4 Å². The average Bonchev–Trinajstić information content (AvgIpc) is 2.73. The predicted octanol–water partition coefficient (Wildman–Crippen LogP) is 0.0377. The van der Waals surface area contributed by atoms with Gasteiger partial charge >= 0.3 is 5.97 Å². The number of rotatable bonds is 2. The van der Waals surface area contributed by atoms with Crippen LogP contribution in [-0.2, 0) is 9.53 Å². The molecule has 0 spiro atoms. The van der Waals surface area contributed by atoms with Gasteiger partial charge < -0.3 is 14.7 Å². The first-order valence-corrected chi connectivity index (χ1v) is 4.58. The quantitative estimate of drug-likeness (QED) is 0.659. The lowest BCUT2D eigenvalue weighted by atomic mass is 10.1. The number of hydrogen-bond acceptors (Lipinski definition) is 3. The summed E-state index contributed by atoms with van der Waals surface area (Å²) in [4.78, 5) is 13.0. The van der Waals surface area contributed by atoms with Crippen molar-refractivity contribution in [3.63, 3.8) is 0 Å². The Morgan fingerprint density at radius 1 is 1.69 bits per heavy atom.